The second kappa shape index (κ2) is 12.7. The molecular formula is C30H26ClFN2O3. The quantitative estimate of drug-likeness (QED) is 0.283. The molecule has 2 amide bonds. The van der Waals surface area contributed by atoms with Crippen molar-refractivity contribution in [3.05, 3.63) is 137 Å². The fourth-order valence-corrected chi connectivity index (χ4v) is 4.09. The van der Waals surface area contributed by atoms with Crippen molar-refractivity contribution >= 4 is 23.4 Å². The summed E-state index contributed by atoms with van der Waals surface area (Å²) >= 11 is 6.27. The Hall–Kier alpha value is -4.16. The molecule has 0 saturated carbocycles. The Morgan fingerprint density at radius 2 is 1.46 bits per heavy atom. The number of hydrogen-bond donors (Lipinski definition) is 1. The van der Waals surface area contributed by atoms with Crippen LogP contribution in [0.15, 0.2) is 109 Å². The second-order valence-corrected chi connectivity index (χ2v) is 8.78. The number of amides is 2. The van der Waals surface area contributed by atoms with E-state index in [1.165, 1.54) is 17.0 Å². The molecule has 0 aliphatic rings. The summed E-state index contributed by atoms with van der Waals surface area (Å²) in [6.07, 6.45) is 0. The highest BCUT2D eigenvalue weighted by Gasteiger charge is 2.32. The first-order chi connectivity index (χ1) is 18.0. The third kappa shape index (κ3) is 7.18. The summed E-state index contributed by atoms with van der Waals surface area (Å²) in [4.78, 5) is 28.7. The van der Waals surface area contributed by atoms with E-state index in [0.29, 0.717) is 21.9 Å². The van der Waals surface area contributed by atoms with Crippen molar-refractivity contribution in [3.63, 3.8) is 0 Å². The molecule has 37 heavy (non-hydrogen) atoms. The molecule has 0 radical (unpaired) electrons. The van der Waals surface area contributed by atoms with Crippen LogP contribution < -0.4 is 10.1 Å². The fraction of sp³-hybridized carbons (Fsp3) is 0.133. The lowest BCUT2D eigenvalue weighted by molar-refractivity contribution is -0.143. The SMILES string of the molecule is O=C(NCc1ccccc1Cl)C(c1ccccc1)N(Cc1ccc(F)cc1)C(=O)COc1ccccc1. The normalized spacial score (nSPS) is 11.4. The van der Waals surface area contributed by atoms with Gasteiger partial charge >= 0.3 is 0 Å². The van der Waals surface area contributed by atoms with Crippen LogP contribution in [-0.2, 0) is 22.7 Å². The van der Waals surface area contributed by atoms with Crippen LogP contribution >= 0.6 is 11.6 Å². The van der Waals surface area contributed by atoms with Crippen LogP contribution in [0.1, 0.15) is 22.7 Å². The minimum Gasteiger partial charge on any atom is -0.484 e. The lowest BCUT2D eigenvalue weighted by Gasteiger charge is -2.31. The summed E-state index contributed by atoms with van der Waals surface area (Å²) in [5.74, 6) is -0.612. The van der Waals surface area contributed by atoms with Gasteiger partial charge in [-0.2, -0.15) is 0 Å². The number of carbonyl (C=O) groups is 2. The number of carbonyl (C=O) groups excluding carboxylic acids is 2. The summed E-state index contributed by atoms with van der Waals surface area (Å²) in [5.41, 5.74) is 2.07. The lowest BCUT2D eigenvalue weighted by atomic mass is 10.0. The fourth-order valence-electron chi connectivity index (χ4n) is 3.88. The maximum atomic E-state index is 13.6. The molecule has 4 aromatic rings. The smallest absolute Gasteiger partial charge is 0.261 e. The maximum absolute atomic E-state index is 13.6. The van der Waals surface area contributed by atoms with E-state index >= 15 is 0 Å². The van der Waals surface area contributed by atoms with Gasteiger partial charge in [-0.1, -0.05) is 90.5 Å². The topological polar surface area (TPSA) is 58.6 Å². The number of rotatable bonds is 10. The number of ether oxygens (including phenoxy) is 1. The number of nitrogens with one attached hydrogen (secondary N) is 1. The minimum atomic E-state index is -0.958. The molecule has 1 atom stereocenters. The first-order valence-corrected chi connectivity index (χ1v) is 12.2. The van der Waals surface area contributed by atoms with Gasteiger partial charge in [-0.3, -0.25) is 9.59 Å². The van der Waals surface area contributed by atoms with Crippen molar-refractivity contribution in [2.45, 2.75) is 19.1 Å². The molecule has 0 saturated heterocycles. The highest BCUT2D eigenvalue weighted by Crippen LogP contribution is 2.25. The molecule has 0 aliphatic heterocycles. The van der Waals surface area contributed by atoms with Crippen molar-refractivity contribution in [1.82, 2.24) is 10.2 Å². The van der Waals surface area contributed by atoms with E-state index in [0.717, 1.165) is 5.56 Å². The molecule has 0 aliphatic carbocycles. The zero-order valence-electron chi connectivity index (χ0n) is 20.0. The van der Waals surface area contributed by atoms with Crippen molar-refractivity contribution in [2.75, 3.05) is 6.61 Å². The van der Waals surface area contributed by atoms with Gasteiger partial charge in [0.2, 0.25) is 5.91 Å². The molecule has 5 nitrogen and oxygen atoms in total. The lowest BCUT2D eigenvalue weighted by Crippen LogP contribution is -2.45. The Labute approximate surface area is 220 Å². The summed E-state index contributed by atoms with van der Waals surface area (Å²) in [5, 5.41) is 3.46. The molecule has 4 aromatic carbocycles. The predicted molar refractivity (Wildman–Crippen MR) is 141 cm³/mol. The molecule has 7 heteroatoms. The molecule has 0 spiro atoms. The maximum Gasteiger partial charge on any atom is 0.261 e. The van der Waals surface area contributed by atoms with Gasteiger partial charge in [0, 0.05) is 18.1 Å². The Morgan fingerprint density at radius 1 is 0.838 bits per heavy atom. The minimum absolute atomic E-state index is 0.0797. The van der Waals surface area contributed by atoms with E-state index in [-0.39, 0.29) is 31.4 Å². The molecule has 0 aromatic heterocycles. The van der Waals surface area contributed by atoms with Crippen LogP contribution in [0.3, 0.4) is 0 Å². The summed E-state index contributed by atoms with van der Waals surface area (Å²) in [7, 11) is 0. The zero-order chi connectivity index (χ0) is 26.0. The van der Waals surface area contributed by atoms with Crippen molar-refractivity contribution in [2.24, 2.45) is 0 Å². The summed E-state index contributed by atoms with van der Waals surface area (Å²) < 4.78 is 19.3. The van der Waals surface area contributed by atoms with E-state index in [2.05, 4.69) is 5.32 Å². The van der Waals surface area contributed by atoms with E-state index in [4.69, 9.17) is 16.3 Å². The van der Waals surface area contributed by atoms with Crippen LogP contribution in [0, 0.1) is 5.82 Å². The van der Waals surface area contributed by atoms with Crippen LogP contribution in [0.25, 0.3) is 0 Å². The van der Waals surface area contributed by atoms with Crippen molar-refractivity contribution in [3.8, 4) is 5.75 Å². The van der Waals surface area contributed by atoms with Crippen molar-refractivity contribution < 1.29 is 18.7 Å². The highest BCUT2D eigenvalue weighted by atomic mass is 35.5. The molecule has 188 valence electrons. The van der Waals surface area contributed by atoms with Gasteiger partial charge in [0.1, 0.15) is 17.6 Å². The highest BCUT2D eigenvalue weighted by molar-refractivity contribution is 6.31. The van der Waals surface area contributed by atoms with Crippen LogP contribution in [0.4, 0.5) is 4.39 Å². The van der Waals surface area contributed by atoms with Gasteiger partial charge in [-0.15, -0.1) is 0 Å². The third-order valence-corrected chi connectivity index (χ3v) is 6.15. The largest absolute Gasteiger partial charge is 0.484 e. The molecular weight excluding hydrogens is 491 g/mol. The number of para-hydroxylation sites is 1. The van der Waals surface area contributed by atoms with Gasteiger partial charge in [-0.25, -0.2) is 4.39 Å². The molecule has 0 fully saturated rings. The molecule has 0 heterocycles. The van der Waals surface area contributed by atoms with E-state index in [1.54, 1.807) is 42.5 Å². The number of benzene rings is 4. The Bertz CT molecular complexity index is 1320. The molecule has 1 N–H and O–H groups in total. The Balaban J connectivity index is 1.63. The number of hydrogen-bond acceptors (Lipinski definition) is 3. The van der Waals surface area contributed by atoms with Gasteiger partial charge in [0.15, 0.2) is 6.61 Å². The zero-order valence-corrected chi connectivity index (χ0v) is 20.8. The molecule has 4 rings (SSSR count). The average molecular weight is 517 g/mol. The van der Waals surface area contributed by atoms with E-state index < -0.39 is 11.9 Å². The van der Waals surface area contributed by atoms with Gasteiger partial charge in [0.25, 0.3) is 5.91 Å². The summed E-state index contributed by atoms with van der Waals surface area (Å²) in [6, 6.07) is 30.2. The number of nitrogens with zero attached hydrogens (tertiary/aromatic N) is 1. The van der Waals surface area contributed by atoms with Gasteiger partial charge in [-0.05, 0) is 47.0 Å². The summed E-state index contributed by atoms with van der Waals surface area (Å²) in [6.45, 7) is 0.00358. The third-order valence-electron chi connectivity index (χ3n) is 5.78. The average Bonchev–Trinajstić information content (AvgIpc) is 2.93. The standard InChI is InChI=1S/C30H26ClFN2O3/c31-27-14-8-7-11-24(27)19-33-30(36)29(23-9-3-1-4-10-23)34(20-22-15-17-25(32)18-16-22)28(35)21-37-26-12-5-2-6-13-26/h1-18,29H,19-21H2,(H,33,36). The molecule has 0 bridgehead atoms. The van der Waals surface area contributed by atoms with Gasteiger partial charge in [0.05, 0.1) is 0 Å². The second-order valence-electron chi connectivity index (χ2n) is 8.37. The van der Waals surface area contributed by atoms with Gasteiger partial charge < -0.3 is 15.0 Å². The van der Waals surface area contributed by atoms with Crippen molar-refractivity contribution in [1.29, 1.82) is 0 Å². The van der Waals surface area contributed by atoms with Crippen LogP contribution in [0.5, 0.6) is 5.75 Å². The number of halogens is 2. The van der Waals surface area contributed by atoms with Crippen LogP contribution in [-0.4, -0.2) is 23.3 Å². The first-order valence-electron chi connectivity index (χ1n) is 11.8. The van der Waals surface area contributed by atoms with E-state index in [9.17, 15) is 14.0 Å². The Morgan fingerprint density at radius 3 is 2.14 bits per heavy atom. The van der Waals surface area contributed by atoms with Crippen LogP contribution in [0.2, 0.25) is 5.02 Å². The predicted octanol–water partition coefficient (Wildman–Crippen LogP) is 5.94. The first kappa shape index (κ1) is 25.9. The Kier molecular flexibility index (Phi) is 8.89. The van der Waals surface area contributed by atoms with E-state index in [1.807, 2.05) is 54.6 Å². The molecule has 1 unspecified atom stereocenters. The monoisotopic (exact) mass is 516 g/mol.